The van der Waals surface area contributed by atoms with Gasteiger partial charge < -0.3 is 5.11 Å². The Hall–Kier alpha value is -1.82. The number of carbonyl (C=O) groups is 1. The van der Waals surface area contributed by atoms with Crippen molar-refractivity contribution in [2.45, 2.75) is 27.2 Å². The number of carboxylic acids is 1. The Morgan fingerprint density at radius 1 is 1.38 bits per heavy atom. The van der Waals surface area contributed by atoms with Crippen LogP contribution in [0.3, 0.4) is 0 Å². The Kier molecular flexibility index (Phi) is 3.68. The molecule has 0 aliphatic carbocycles. The molecule has 1 aromatic rings. The predicted molar refractivity (Wildman–Crippen MR) is 61.1 cm³/mol. The van der Waals surface area contributed by atoms with E-state index in [0.717, 1.165) is 22.3 Å². The van der Waals surface area contributed by atoms with Crippen LogP contribution in [0, 0.1) is 38.0 Å². The summed E-state index contributed by atoms with van der Waals surface area (Å²) >= 11 is 0. The fourth-order valence-corrected chi connectivity index (χ4v) is 1.92. The first-order chi connectivity index (χ1) is 7.45. The molecule has 0 aromatic heterocycles. The molecule has 0 bridgehead atoms. The Balaban J connectivity index is 3.07. The van der Waals surface area contributed by atoms with Gasteiger partial charge >= 0.3 is 5.97 Å². The first-order valence-corrected chi connectivity index (χ1v) is 5.15. The zero-order valence-corrected chi connectivity index (χ0v) is 9.74. The molecule has 0 radical (unpaired) electrons. The van der Waals surface area contributed by atoms with Crippen molar-refractivity contribution in [2.24, 2.45) is 5.92 Å². The van der Waals surface area contributed by atoms with E-state index < -0.39 is 11.9 Å². The first kappa shape index (κ1) is 12.3. The van der Waals surface area contributed by atoms with Gasteiger partial charge in [-0.3, -0.25) is 4.79 Å². The highest BCUT2D eigenvalue weighted by Gasteiger charge is 2.19. The molecule has 0 aliphatic heterocycles. The lowest BCUT2D eigenvalue weighted by molar-refractivity contribution is -0.139. The molecule has 1 atom stereocenters. The molecule has 3 nitrogen and oxygen atoms in total. The Morgan fingerprint density at radius 3 is 2.25 bits per heavy atom. The van der Waals surface area contributed by atoms with Gasteiger partial charge in [-0.15, -0.1) is 0 Å². The van der Waals surface area contributed by atoms with Gasteiger partial charge in [0.1, 0.15) is 5.92 Å². The molecule has 1 aromatic carbocycles. The van der Waals surface area contributed by atoms with Crippen LogP contribution in [0.4, 0.5) is 0 Å². The summed E-state index contributed by atoms with van der Waals surface area (Å²) in [6.45, 7) is 5.90. The van der Waals surface area contributed by atoms with Gasteiger partial charge in [0.15, 0.2) is 0 Å². The van der Waals surface area contributed by atoms with Crippen LogP contribution in [-0.4, -0.2) is 11.1 Å². The second-order valence-corrected chi connectivity index (χ2v) is 4.10. The number of nitriles is 1. The minimum absolute atomic E-state index is 0.282. The molecular weight excluding hydrogens is 202 g/mol. The smallest absolute Gasteiger partial charge is 0.321 e. The third kappa shape index (κ3) is 2.60. The minimum Gasteiger partial charge on any atom is -0.480 e. The van der Waals surface area contributed by atoms with Crippen molar-refractivity contribution in [1.29, 1.82) is 5.26 Å². The molecule has 1 N–H and O–H groups in total. The van der Waals surface area contributed by atoms with Crippen LogP contribution < -0.4 is 0 Å². The highest BCUT2D eigenvalue weighted by molar-refractivity contribution is 5.73. The van der Waals surface area contributed by atoms with Crippen LogP contribution in [0.5, 0.6) is 0 Å². The molecule has 0 saturated carbocycles. The molecule has 1 rings (SSSR count). The van der Waals surface area contributed by atoms with Crippen molar-refractivity contribution in [3.63, 3.8) is 0 Å². The fourth-order valence-electron chi connectivity index (χ4n) is 1.92. The van der Waals surface area contributed by atoms with Gasteiger partial charge in [-0.05, 0) is 43.9 Å². The topological polar surface area (TPSA) is 61.1 Å². The molecule has 0 spiro atoms. The van der Waals surface area contributed by atoms with Gasteiger partial charge in [0.05, 0.1) is 6.07 Å². The summed E-state index contributed by atoms with van der Waals surface area (Å²) in [5.41, 5.74) is 4.24. The average Bonchev–Trinajstić information content (AvgIpc) is 2.15. The number of benzene rings is 1. The summed E-state index contributed by atoms with van der Waals surface area (Å²) in [5.74, 6) is -2.01. The normalized spacial score (nSPS) is 11.9. The van der Waals surface area contributed by atoms with Gasteiger partial charge in [-0.25, -0.2) is 0 Å². The summed E-state index contributed by atoms with van der Waals surface area (Å²) in [5, 5.41) is 17.6. The van der Waals surface area contributed by atoms with Crippen LogP contribution in [-0.2, 0) is 11.2 Å². The number of rotatable bonds is 3. The maximum Gasteiger partial charge on any atom is 0.321 e. The van der Waals surface area contributed by atoms with E-state index in [1.807, 2.05) is 39.0 Å². The number of aliphatic carboxylic acids is 1. The summed E-state index contributed by atoms with van der Waals surface area (Å²) in [7, 11) is 0. The largest absolute Gasteiger partial charge is 0.480 e. The maximum absolute atomic E-state index is 10.8. The van der Waals surface area contributed by atoms with Crippen LogP contribution in [0.15, 0.2) is 12.1 Å². The van der Waals surface area contributed by atoms with E-state index in [0.29, 0.717) is 0 Å². The Morgan fingerprint density at radius 2 is 1.88 bits per heavy atom. The van der Waals surface area contributed by atoms with E-state index in [4.69, 9.17) is 10.4 Å². The highest BCUT2D eigenvalue weighted by Crippen LogP contribution is 2.20. The van der Waals surface area contributed by atoms with Gasteiger partial charge in [0.25, 0.3) is 0 Å². The third-order valence-corrected chi connectivity index (χ3v) is 2.70. The summed E-state index contributed by atoms with van der Waals surface area (Å²) in [6.07, 6.45) is 0.282. The summed E-state index contributed by atoms with van der Waals surface area (Å²) < 4.78 is 0. The fraction of sp³-hybridized carbons (Fsp3) is 0.385. The molecule has 0 fully saturated rings. The van der Waals surface area contributed by atoms with E-state index in [1.54, 1.807) is 0 Å². The molecule has 0 unspecified atom stereocenters. The standard InChI is InChI=1S/C13H15NO2/c1-8-4-9(2)12(10(3)5-8)6-11(7-14)13(15)16/h4-5,11H,6H2,1-3H3,(H,15,16)/t11-/m0/s1. The molecule has 16 heavy (non-hydrogen) atoms. The van der Waals surface area contributed by atoms with Crippen molar-refractivity contribution in [2.75, 3.05) is 0 Å². The highest BCUT2D eigenvalue weighted by atomic mass is 16.4. The van der Waals surface area contributed by atoms with Crippen LogP contribution in [0.2, 0.25) is 0 Å². The molecule has 0 aliphatic rings. The van der Waals surface area contributed by atoms with E-state index in [2.05, 4.69) is 0 Å². The Labute approximate surface area is 95.3 Å². The lowest BCUT2D eigenvalue weighted by Crippen LogP contribution is -2.15. The van der Waals surface area contributed by atoms with E-state index >= 15 is 0 Å². The van der Waals surface area contributed by atoms with E-state index in [-0.39, 0.29) is 6.42 Å². The van der Waals surface area contributed by atoms with Crippen molar-refractivity contribution >= 4 is 5.97 Å². The molecule has 84 valence electrons. The summed E-state index contributed by atoms with van der Waals surface area (Å²) in [4.78, 5) is 10.8. The van der Waals surface area contributed by atoms with Gasteiger partial charge in [0.2, 0.25) is 0 Å². The van der Waals surface area contributed by atoms with Crippen molar-refractivity contribution in [3.05, 3.63) is 34.4 Å². The number of hydrogen-bond acceptors (Lipinski definition) is 2. The SMILES string of the molecule is Cc1cc(C)c(C[C@@H](C#N)C(=O)O)c(C)c1. The number of carboxylic acid groups (broad SMARTS) is 1. The first-order valence-electron chi connectivity index (χ1n) is 5.15. The minimum atomic E-state index is -1.05. The number of hydrogen-bond donors (Lipinski definition) is 1. The number of nitrogens with zero attached hydrogens (tertiary/aromatic N) is 1. The second-order valence-electron chi connectivity index (χ2n) is 4.10. The molecule has 0 heterocycles. The van der Waals surface area contributed by atoms with E-state index in [1.165, 1.54) is 0 Å². The second kappa shape index (κ2) is 4.80. The lowest BCUT2D eigenvalue weighted by atomic mass is 9.92. The monoisotopic (exact) mass is 217 g/mol. The van der Waals surface area contributed by atoms with Crippen LogP contribution >= 0.6 is 0 Å². The van der Waals surface area contributed by atoms with Crippen LogP contribution in [0.1, 0.15) is 22.3 Å². The van der Waals surface area contributed by atoms with Crippen molar-refractivity contribution in [3.8, 4) is 6.07 Å². The van der Waals surface area contributed by atoms with Crippen LogP contribution in [0.25, 0.3) is 0 Å². The molecule has 0 saturated heterocycles. The van der Waals surface area contributed by atoms with Gasteiger partial charge in [0, 0.05) is 0 Å². The van der Waals surface area contributed by atoms with Crippen molar-refractivity contribution in [1.82, 2.24) is 0 Å². The average molecular weight is 217 g/mol. The zero-order valence-electron chi connectivity index (χ0n) is 9.74. The van der Waals surface area contributed by atoms with Crippen molar-refractivity contribution < 1.29 is 9.90 Å². The van der Waals surface area contributed by atoms with E-state index in [9.17, 15) is 4.79 Å². The predicted octanol–water partition coefficient (Wildman–Crippen LogP) is 2.38. The quantitative estimate of drug-likeness (QED) is 0.845. The molecule has 3 heteroatoms. The number of aryl methyl sites for hydroxylation is 3. The lowest BCUT2D eigenvalue weighted by Gasteiger charge is -2.12. The molecular formula is C13H15NO2. The summed E-state index contributed by atoms with van der Waals surface area (Å²) in [6, 6.07) is 5.84. The molecule has 0 amide bonds. The third-order valence-electron chi connectivity index (χ3n) is 2.70. The zero-order chi connectivity index (χ0) is 12.3. The maximum atomic E-state index is 10.8. The Bertz CT molecular complexity index is 434. The van der Waals surface area contributed by atoms with Gasteiger partial charge in [-0.2, -0.15) is 5.26 Å². The van der Waals surface area contributed by atoms with Gasteiger partial charge in [-0.1, -0.05) is 17.7 Å².